The van der Waals surface area contributed by atoms with E-state index in [1.54, 1.807) is 41.0 Å². The highest BCUT2D eigenvalue weighted by Crippen LogP contribution is 2.27. The van der Waals surface area contributed by atoms with Gasteiger partial charge in [0.05, 0.1) is 17.0 Å². The van der Waals surface area contributed by atoms with Crippen LogP contribution in [0.4, 0.5) is 5.69 Å². The van der Waals surface area contributed by atoms with Crippen molar-refractivity contribution in [3.8, 4) is 10.6 Å². The normalized spacial score (nSPS) is 19.6. The summed E-state index contributed by atoms with van der Waals surface area (Å²) in [5, 5.41) is 5.49. The van der Waals surface area contributed by atoms with Gasteiger partial charge in [0.15, 0.2) is 0 Å². The van der Waals surface area contributed by atoms with Crippen LogP contribution in [0.5, 0.6) is 0 Å². The molecular weight excluding hydrogens is 444 g/mol. The molecule has 9 heteroatoms. The standard InChI is InChI=1S/C23H26N4O3S2/c1-16-10-17(2)14-27(13-16)32(29,30)21-7-5-19(6-8-21)25-22(28)11-20-15-31-23(26-20)18-4-3-9-24-12-18/h3-9,12,15-17H,10-11,13-14H2,1-2H3,(H,25,28). The van der Waals surface area contributed by atoms with Gasteiger partial charge in [0.2, 0.25) is 15.9 Å². The zero-order valence-corrected chi connectivity index (χ0v) is 19.7. The summed E-state index contributed by atoms with van der Waals surface area (Å²) in [5.74, 6) is 0.482. The largest absolute Gasteiger partial charge is 0.326 e. The molecule has 1 aliphatic rings. The van der Waals surface area contributed by atoms with Gasteiger partial charge in [-0.2, -0.15) is 4.31 Å². The molecule has 1 N–H and O–H groups in total. The first-order valence-electron chi connectivity index (χ1n) is 10.6. The monoisotopic (exact) mass is 470 g/mol. The van der Waals surface area contributed by atoms with E-state index in [0.29, 0.717) is 36.3 Å². The van der Waals surface area contributed by atoms with E-state index in [4.69, 9.17) is 0 Å². The maximum absolute atomic E-state index is 13.0. The van der Waals surface area contributed by atoms with Crippen LogP contribution in [-0.4, -0.2) is 41.7 Å². The minimum atomic E-state index is -3.54. The summed E-state index contributed by atoms with van der Waals surface area (Å²) in [6.07, 6.45) is 4.62. The van der Waals surface area contributed by atoms with Gasteiger partial charge in [-0.25, -0.2) is 13.4 Å². The smallest absolute Gasteiger partial charge is 0.243 e. The number of rotatable bonds is 6. The quantitative estimate of drug-likeness (QED) is 0.587. The second-order valence-corrected chi connectivity index (χ2v) is 11.2. The zero-order valence-electron chi connectivity index (χ0n) is 18.1. The van der Waals surface area contributed by atoms with Gasteiger partial charge in [-0.3, -0.25) is 9.78 Å². The number of benzene rings is 1. The summed E-state index contributed by atoms with van der Waals surface area (Å²) in [7, 11) is -3.54. The Morgan fingerprint density at radius 2 is 1.88 bits per heavy atom. The van der Waals surface area contributed by atoms with Crippen molar-refractivity contribution in [1.29, 1.82) is 0 Å². The molecule has 0 bridgehead atoms. The number of amides is 1. The van der Waals surface area contributed by atoms with Crippen molar-refractivity contribution >= 4 is 33.0 Å². The van der Waals surface area contributed by atoms with Crippen LogP contribution in [0.1, 0.15) is 26.0 Å². The van der Waals surface area contributed by atoms with Gasteiger partial charge in [-0.15, -0.1) is 11.3 Å². The Morgan fingerprint density at radius 1 is 1.16 bits per heavy atom. The fourth-order valence-electron chi connectivity index (χ4n) is 4.04. The Balaban J connectivity index is 1.38. The number of carbonyl (C=O) groups excluding carboxylic acids is 1. The Kier molecular flexibility index (Phi) is 6.68. The number of hydrogen-bond donors (Lipinski definition) is 1. The molecule has 7 nitrogen and oxygen atoms in total. The molecule has 0 spiro atoms. The van der Waals surface area contributed by atoms with E-state index < -0.39 is 10.0 Å². The van der Waals surface area contributed by atoms with Crippen LogP contribution >= 0.6 is 11.3 Å². The maximum atomic E-state index is 13.0. The number of sulfonamides is 1. The van der Waals surface area contributed by atoms with Gasteiger partial charge < -0.3 is 5.32 Å². The number of aromatic nitrogens is 2. The summed E-state index contributed by atoms with van der Waals surface area (Å²) < 4.78 is 27.6. The first-order chi connectivity index (χ1) is 15.3. The molecule has 0 aliphatic carbocycles. The molecule has 2 atom stereocenters. The molecule has 32 heavy (non-hydrogen) atoms. The molecule has 0 saturated carbocycles. The molecule has 2 unspecified atom stereocenters. The number of hydrogen-bond acceptors (Lipinski definition) is 6. The number of carbonyl (C=O) groups is 1. The van der Waals surface area contributed by atoms with E-state index in [1.165, 1.54) is 11.3 Å². The van der Waals surface area contributed by atoms with Crippen LogP contribution in [0.15, 0.2) is 59.1 Å². The fraction of sp³-hybridized carbons (Fsp3) is 0.348. The van der Waals surface area contributed by atoms with Gasteiger partial charge in [0.1, 0.15) is 5.01 Å². The average Bonchev–Trinajstić information content (AvgIpc) is 3.22. The first kappa shape index (κ1) is 22.6. The molecule has 1 aromatic carbocycles. The minimum absolute atomic E-state index is 0.139. The van der Waals surface area contributed by atoms with E-state index in [2.05, 4.69) is 29.1 Å². The number of pyridine rings is 1. The van der Waals surface area contributed by atoms with Gasteiger partial charge in [0.25, 0.3) is 0 Å². The van der Waals surface area contributed by atoms with Gasteiger partial charge >= 0.3 is 0 Å². The van der Waals surface area contributed by atoms with Crippen molar-refractivity contribution < 1.29 is 13.2 Å². The van der Waals surface area contributed by atoms with E-state index in [0.717, 1.165) is 17.0 Å². The molecular formula is C23H26N4O3S2. The van der Waals surface area contributed by atoms with Crippen molar-refractivity contribution in [1.82, 2.24) is 14.3 Å². The summed E-state index contributed by atoms with van der Waals surface area (Å²) in [6, 6.07) is 10.1. The number of thiazole rings is 1. The molecule has 1 amide bonds. The fourth-order valence-corrected chi connectivity index (χ4v) is 6.53. The minimum Gasteiger partial charge on any atom is -0.326 e. The van der Waals surface area contributed by atoms with E-state index in [9.17, 15) is 13.2 Å². The van der Waals surface area contributed by atoms with Gasteiger partial charge in [-0.1, -0.05) is 13.8 Å². The van der Waals surface area contributed by atoms with Crippen molar-refractivity contribution in [2.24, 2.45) is 11.8 Å². The molecule has 3 heterocycles. The second-order valence-electron chi connectivity index (χ2n) is 8.40. The van der Waals surface area contributed by atoms with Crippen molar-refractivity contribution in [3.05, 3.63) is 59.9 Å². The SMILES string of the molecule is CC1CC(C)CN(S(=O)(=O)c2ccc(NC(=O)Cc3csc(-c4cccnc4)n3)cc2)C1. The van der Waals surface area contributed by atoms with E-state index in [1.807, 2.05) is 17.5 Å². The lowest BCUT2D eigenvalue weighted by molar-refractivity contribution is -0.115. The summed E-state index contributed by atoms with van der Waals surface area (Å²) in [6.45, 7) is 5.25. The third-order valence-corrected chi connectivity index (χ3v) is 8.20. The maximum Gasteiger partial charge on any atom is 0.243 e. The third kappa shape index (κ3) is 5.23. The van der Waals surface area contributed by atoms with E-state index in [-0.39, 0.29) is 17.2 Å². The van der Waals surface area contributed by atoms with Crippen LogP contribution < -0.4 is 5.32 Å². The molecule has 1 aliphatic heterocycles. The second kappa shape index (κ2) is 9.48. The topological polar surface area (TPSA) is 92.3 Å². The number of nitrogens with one attached hydrogen (secondary N) is 1. The lowest BCUT2D eigenvalue weighted by Crippen LogP contribution is -2.42. The molecule has 4 rings (SSSR count). The summed E-state index contributed by atoms with van der Waals surface area (Å²) in [4.78, 5) is 21.3. The van der Waals surface area contributed by atoms with Crippen LogP contribution in [0.2, 0.25) is 0 Å². The van der Waals surface area contributed by atoms with Crippen LogP contribution in [0, 0.1) is 11.8 Å². The van der Waals surface area contributed by atoms with Gasteiger partial charge in [-0.05, 0) is 54.7 Å². The predicted molar refractivity (Wildman–Crippen MR) is 126 cm³/mol. The van der Waals surface area contributed by atoms with E-state index >= 15 is 0 Å². The Labute approximate surface area is 192 Å². The summed E-state index contributed by atoms with van der Waals surface area (Å²) in [5.41, 5.74) is 2.15. The van der Waals surface area contributed by atoms with Crippen molar-refractivity contribution in [2.45, 2.75) is 31.6 Å². The number of piperidine rings is 1. The molecule has 0 radical (unpaired) electrons. The lowest BCUT2D eigenvalue weighted by Gasteiger charge is -2.34. The molecule has 168 valence electrons. The van der Waals surface area contributed by atoms with Crippen molar-refractivity contribution in [2.75, 3.05) is 18.4 Å². The van der Waals surface area contributed by atoms with Crippen molar-refractivity contribution in [3.63, 3.8) is 0 Å². The first-order valence-corrected chi connectivity index (χ1v) is 12.9. The average molecular weight is 471 g/mol. The third-order valence-electron chi connectivity index (χ3n) is 5.41. The highest BCUT2D eigenvalue weighted by atomic mass is 32.2. The molecule has 1 saturated heterocycles. The molecule has 1 fully saturated rings. The Morgan fingerprint density at radius 3 is 2.53 bits per heavy atom. The van der Waals surface area contributed by atoms with Crippen LogP contribution in [-0.2, 0) is 21.2 Å². The molecule has 2 aromatic heterocycles. The highest BCUT2D eigenvalue weighted by Gasteiger charge is 2.31. The van der Waals surface area contributed by atoms with Gasteiger partial charge in [0, 0.05) is 42.1 Å². The zero-order chi connectivity index (χ0) is 22.7. The Hall–Kier alpha value is -2.62. The molecule has 3 aromatic rings. The lowest BCUT2D eigenvalue weighted by atomic mass is 9.94. The summed E-state index contributed by atoms with van der Waals surface area (Å²) >= 11 is 1.47. The number of anilines is 1. The van der Waals surface area contributed by atoms with Crippen LogP contribution in [0.25, 0.3) is 10.6 Å². The highest BCUT2D eigenvalue weighted by molar-refractivity contribution is 7.89. The number of nitrogens with zero attached hydrogens (tertiary/aromatic N) is 3. The predicted octanol–water partition coefficient (Wildman–Crippen LogP) is 4.05. The Bertz CT molecular complexity index is 1170. The van der Waals surface area contributed by atoms with Crippen LogP contribution in [0.3, 0.4) is 0 Å².